The van der Waals surface area contributed by atoms with Gasteiger partial charge in [-0.05, 0) is 44.0 Å². The van der Waals surface area contributed by atoms with Crippen molar-refractivity contribution in [3.63, 3.8) is 0 Å². The molecule has 0 saturated heterocycles. The fourth-order valence-electron chi connectivity index (χ4n) is 1.93. The lowest BCUT2D eigenvalue weighted by molar-refractivity contribution is 0.0939. The van der Waals surface area contributed by atoms with Crippen LogP contribution in [0.2, 0.25) is 0 Å². The Hall–Kier alpha value is -1.88. The molecule has 5 heteroatoms. The highest BCUT2D eigenvalue weighted by atomic mass is 32.1. The Labute approximate surface area is 122 Å². The maximum atomic E-state index is 12.2. The number of thiazole rings is 1. The molecular weight excluding hydrogens is 272 g/mol. The summed E-state index contributed by atoms with van der Waals surface area (Å²) in [5.74, 6) is 0.0165. The van der Waals surface area contributed by atoms with Gasteiger partial charge < -0.3 is 10.4 Å². The number of hydrogen-bond donors (Lipinski definition) is 2. The largest absolute Gasteiger partial charge is 0.508 e. The molecular formula is C15H18N2O2S. The number of carbonyl (C=O) groups is 1. The Balaban J connectivity index is 2.10. The summed E-state index contributed by atoms with van der Waals surface area (Å²) in [5, 5.41) is 13.2. The minimum absolute atomic E-state index is 0.124. The van der Waals surface area contributed by atoms with Crippen molar-refractivity contribution in [3.05, 3.63) is 45.4 Å². The zero-order chi connectivity index (χ0) is 14.7. The van der Waals surface area contributed by atoms with Crippen LogP contribution in [0.25, 0.3) is 0 Å². The summed E-state index contributed by atoms with van der Waals surface area (Å²) in [5.41, 5.74) is 1.32. The standard InChI is InChI=1S/C15H18N2O2S/c1-4-12-8-16-15(20-12)10(3)17-14(19)13-6-5-11(18)7-9(13)2/h5-8,10,18H,4H2,1-3H3,(H,17,19). The van der Waals surface area contributed by atoms with Gasteiger partial charge in [0.05, 0.1) is 6.04 Å². The van der Waals surface area contributed by atoms with Gasteiger partial charge in [0.2, 0.25) is 0 Å². The zero-order valence-corrected chi connectivity index (χ0v) is 12.6. The van der Waals surface area contributed by atoms with Crippen molar-refractivity contribution in [1.29, 1.82) is 0 Å². The van der Waals surface area contributed by atoms with Crippen molar-refractivity contribution < 1.29 is 9.90 Å². The summed E-state index contributed by atoms with van der Waals surface area (Å²) in [4.78, 5) is 17.8. The van der Waals surface area contributed by atoms with Crippen molar-refractivity contribution in [2.24, 2.45) is 0 Å². The van der Waals surface area contributed by atoms with E-state index in [1.807, 2.05) is 13.1 Å². The molecule has 0 spiro atoms. The molecule has 0 bridgehead atoms. The van der Waals surface area contributed by atoms with Crippen molar-refractivity contribution in [2.45, 2.75) is 33.2 Å². The van der Waals surface area contributed by atoms with E-state index in [-0.39, 0.29) is 17.7 Å². The minimum Gasteiger partial charge on any atom is -0.508 e. The Morgan fingerprint density at radius 2 is 2.25 bits per heavy atom. The second-order valence-electron chi connectivity index (χ2n) is 4.71. The molecule has 0 aliphatic carbocycles. The van der Waals surface area contributed by atoms with E-state index < -0.39 is 0 Å². The first kappa shape index (κ1) is 14.5. The molecule has 1 unspecified atom stereocenters. The molecule has 1 heterocycles. The summed E-state index contributed by atoms with van der Waals surface area (Å²) in [7, 11) is 0. The number of aromatic hydroxyl groups is 1. The molecule has 20 heavy (non-hydrogen) atoms. The van der Waals surface area contributed by atoms with Crippen molar-refractivity contribution in [3.8, 4) is 5.75 Å². The van der Waals surface area contributed by atoms with Gasteiger partial charge in [-0.2, -0.15) is 0 Å². The van der Waals surface area contributed by atoms with E-state index in [1.54, 1.807) is 30.4 Å². The average molecular weight is 290 g/mol. The number of nitrogens with one attached hydrogen (secondary N) is 1. The molecule has 1 aromatic carbocycles. The molecule has 2 aromatic rings. The first-order chi connectivity index (χ1) is 9.51. The fourth-order valence-corrected chi connectivity index (χ4v) is 2.78. The van der Waals surface area contributed by atoms with E-state index in [9.17, 15) is 9.90 Å². The molecule has 0 radical (unpaired) electrons. The van der Waals surface area contributed by atoms with E-state index in [4.69, 9.17) is 0 Å². The van der Waals surface area contributed by atoms with Crippen LogP contribution in [0.15, 0.2) is 24.4 Å². The third-order valence-electron chi connectivity index (χ3n) is 3.09. The van der Waals surface area contributed by atoms with Crippen LogP contribution in [0.3, 0.4) is 0 Å². The summed E-state index contributed by atoms with van der Waals surface area (Å²) >= 11 is 1.62. The van der Waals surface area contributed by atoms with Crippen LogP contribution < -0.4 is 5.32 Å². The normalized spacial score (nSPS) is 12.2. The molecule has 0 aliphatic heterocycles. The average Bonchev–Trinajstić information content (AvgIpc) is 2.87. The van der Waals surface area contributed by atoms with Crippen LogP contribution in [0.4, 0.5) is 0 Å². The maximum absolute atomic E-state index is 12.2. The van der Waals surface area contributed by atoms with Crippen molar-refractivity contribution in [2.75, 3.05) is 0 Å². The number of aryl methyl sites for hydroxylation is 2. The van der Waals surface area contributed by atoms with Crippen molar-refractivity contribution in [1.82, 2.24) is 10.3 Å². The smallest absolute Gasteiger partial charge is 0.252 e. The second-order valence-corrected chi connectivity index (χ2v) is 5.86. The van der Waals surface area contributed by atoms with Crippen molar-refractivity contribution >= 4 is 17.2 Å². The summed E-state index contributed by atoms with van der Waals surface area (Å²) in [6, 6.07) is 4.61. The van der Waals surface area contributed by atoms with Crippen LogP contribution in [-0.2, 0) is 6.42 Å². The monoisotopic (exact) mass is 290 g/mol. The quantitative estimate of drug-likeness (QED) is 0.909. The molecule has 4 nitrogen and oxygen atoms in total. The van der Waals surface area contributed by atoms with Crippen LogP contribution in [0.1, 0.15) is 45.7 Å². The van der Waals surface area contributed by atoms with Crippen LogP contribution >= 0.6 is 11.3 Å². The predicted molar refractivity (Wildman–Crippen MR) is 80.2 cm³/mol. The summed E-state index contributed by atoms with van der Waals surface area (Å²) in [6.07, 6.45) is 2.81. The maximum Gasteiger partial charge on any atom is 0.252 e. The molecule has 0 saturated carbocycles. The number of phenols is 1. The summed E-state index contributed by atoms with van der Waals surface area (Å²) in [6.45, 7) is 5.81. The van der Waals surface area contributed by atoms with E-state index in [2.05, 4.69) is 17.2 Å². The number of amides is 1. The van der Waals surface area contributed by atoms with Gasteiger partial charge in [-0.15, -0.1) is 11.3 Å². The van der Waals surface area contributed by atoms with Gasteiger partial charge in [-0.25, -0.2) is 4.98 Å². The van der Waals surface area contributed by atoms with E-state index in [0.717, 1.165) is 17.0 Å². The molecule has 106 valence electrons. The highest BCUT2D eigenvalue weighted by Gasteiger charge is 2.16. The molecule has 1 amide bonds. The number of hydrogen-bond acceptors (Lipinski definition) is 4. The Morgan fingerprint density at radius 3 is 2.85 bits per heavy atom. The third-order valence-corrected chi connectivity index (χ3v) is 4.42. The van der Waals surface area contributed by atoms with Gasteiger partial charge in [-0.3, -0.25) is 4.79 Å². The van der Waals surface area contributed by atoms with Crippen LogP contribution in [0, 0.1) is 6.92 Å². The van der Waals surface area contributed by atoms with Crippen LogP contribution in [-0.4, -0.2) is 16.0 Å². The van der Waals surface area contributed by atoms with Gasteiger partial charge in [0, 0.05) is 16.6 Å². The highest BCUT2D eigenvalue weighted by molar-refractivity contribution is 7.11. The first-order valence-electron chi connectivity index (χ1n) is 6.56. The number of nitrogens with zero attached hydrogens (tertiary/aromatic N) is 1. The number of aromatic nitrogens is 1. The Bertz CT molecular complexity index is 622. The van der Waals surface area contributed by atoms with E-state index >= 15 is 0 Å². The Kier molecular flexibility index (Phi) is 4.39. The first-order valence-corrected chi connectivity index (χ1v) is 7.38. The lowest BCUT2D eigenvalue weighted by Gasteiger charge is -2.12. The zero-order valence-electron chi connectivity index (χ0n) is 11.8. The lowest BCUT2D eigenvalue weighted by Crippen LogP contribution is -2.27. The minimum atomic E-state index is -0.150. The van der Waals surface area contributed by atoms with Gasteiger partial charge in [-0.1, -0.05) is 6.92 Å². The summed E-state index contributed by atoms with van der Waals surface area (Å²) < 4.78 is 0. The molecule has 0 aliphatic rings. The lowest BCUT2D eigenvalue weighted by atomic mass is 10.1. The number of benzene rings is 1. The molecule has 2 rings (SSSR count). The fraction of sp³-hybridized carbons (Fsp3) is 0.333. The van der Waals surface area contributed by atoms with Gasteiger partial charge in [0.25, 0.3) is 5.91 Å². The van der Waals surface area contributed by atoms with Gasteiger partial charge in [0.1, 0.15) is 10.8 Å². The molecule has 0 fully saturated rings. The number of phenolic OH excluding ortho intramolecular Hbond substituents is 1. The number of rotatable bonds is 4. The molecule has 2 N–H and O–H groups in total. The van der Waals surface area contributed by atoms with E-state index in [1.165, 1.54) is 10.9 Å². The highest BCUT2D eigenvalue weighted by Crippen LogP contribution is 2.21. The topological polar surface area (TPSA) is 62.2 Å². The molecule has 1 aromatic heterocycles. The third kappa shape index (κ3) is 3.17. The SMILES string of the molecule is CCc1cnc(C(C)NC(=O)c2ccc(O)cc2C)s1. The molecule has 1 atom stereocenters. The Morgan fingerprint density at radius 1 is 1.50 bits per heavy atom. The predicted octanol–water partition coefficient (Wildman–Crippen LogP) is 3.21. The van der Waals surface area contributed by atoms with Gasteiger partial charge >= 0.3 is 0 Å². The van der Waals surface area contributed by atoms with Crippen LogP contribution in [0.5, 0.6) is 5.75 Å². The van der Waals surface area contributed by atoms with E-state index in [0.29, 0.717) is 5.56 Å². The van der Waals surface area contributed by atoms with Gasteiger partial charge in [0.15, 0.2) is 0 Å². The number of carbonyl (C=O) groups excluding carboxylic acids is 1. The second kappa shape index (κ2) is 6.05.